The Kier molecular flexibility index (Phi) is 7.90. The van der Waals surface area contributed by atoms with Gasteiger partial charge in [0.15, 0.2) is 11.5 Å². The summed E-state index contributed by atoms with van der Waals surface area (Å²) in [6.45, 7) is 4.81. The fourth-order valence-corrected chi connectivity index (χ4v) is 2.34. The highest BCUT2D eigenvalue weighted by molar-refractivity contribution is 5.98. The third-order valence-corrected chi connectivity index (χ3v) is 3.64. The van der Waals surface area contributed by atoms with E-state index < -0.39 is 11.8 Å². The van der Waals surface area contributed by atoms with Gasteiger partial charge < -0.3 is 14.2 Å². The third-order valence-electron chi connectivity index (χ3n) is 3.64. The van der Waals surface area contributed by atoms with Gasteiger partial charge in [-0.2, -0.15) is 0 Å². The Balaban J connectivity index is 1.91. The predicted octanol–water partition coefficient (Wildman–Crippen LogP) is 2.97. The Morgan fingerprint density at radius 3 is 2.29 bits per heavy atom. The molecule has 7 heteroatoms. The van der Waals surface area contributed by atoms with Crippen LogP contribution in [-0.4, -0.2) is 32.1 Å². The smallest absolute Gasteiger partial charge is 0.269 e. The molecule has 0 saturated heterocycles. The molecule has 0 spiro atoms. The van der Waals surface area contributed by atoms with Gasteiger partial charge in [0.05, 0.1) is 20.3 Å². The van der Waals surface area contributed by atoms with Gasteiger partial charge in [-0.15, -0.1) is 0 Å². The minimum Gasteiger partial charge on any atom is -0.494 e. The van der Waals surface area contributed by atoms with E-state index in [4.69, 9.17) is 14.2 Å². The number of hydrogen-bond acceptors (Lipinski definition) is 5. The summed E-state index contributed by atoms with van der Waals surface area (Å²) in [4.78, 5) is 24.0. The van der Waals surface area contributed by atoms with Crippen molar-refractivity contribution in [3.63, 3.8) is 0 Å². The first-order chi connectivity index (χ1) is 13.6. The maximum atomic E-state index is 12.1. The van der Waals surface area contributed by atoms with E-state index in [2.05, 4.69) is 10.9 Å². The topological polar surface area (TPSA) is 85.9 Å². The minimum absolute atomic E-state index is 0.407. The summed E-state index contributed by atoms with van der Waals surface area (Å²) >= 11 is 0. The van der Waals surface area contributed by atoms with Crippen molar-refractivity contribution in [1.29, 1.82) is 0 Å². The molecule has 0 unspecified atom stereocenters. The molecule has 0 aliphatic rings. The second-order valence-corrected chi connectivity index (χ2v) is 5.58. The third kappa shape index (κ3) is 6.05. The first-order valence-corrected chi connectivity index (χ1v) is 8.89. The molecule has 2 aromatic carbocycles. The van der Waals surface area contributed by atoms with Crippen molar-refractivity contribution >= 4 is 17.9 Å². The van der Waals surface area contributed by atoms with Crippen molar-refractivity contribution in [3.8, 4) is 17.2 Å². The first-order valence-electron chi connectivity index (χ1n) is 8.89. The monoisotopic (exact) mass is 384 g/mol. The van der Waals surface area contributed by atoms with Crippen LogP contribution in [0, 0.1) is 0 Å². The Bertz CT molecular complexity index is 831. The number of benzene rings is 2. The summed E-state index contributed by atoms with van der Waals surface area (Å²) in [5.41, 5.74) is 5.87. The van der Waals surface area contributed by atoms with Crippen LogP contribution >= 0.6 is 0 Å². The van der Waals surface area contributed by atoms with E-state index in [1.54, 1.807) is 55.7 Å². The molecular weight excluding hydrogens is 360 g/mol. The lowest BCUT2D eigenvalue weighted by Gasteiger charge is -2.09. The van der Waals surface area contributed by atoms with E-state index in [-0.39, 0.29) is 0 Å². The summed E-state index contributed by atoms with van der Waals surface area (Å²) in [5.74, 6) is 1.00. The zero-order valence-corrected chi connectivity index (χ0v) is 16.2. The average molecular weight is 384 g/mol. The Morgan fingerprint density at radius 1 is 0.929 bits per heavy atom. The van der Waals surface area contributed by atoms with Gasteiger partial charge in [-0.1, -0.05) is 6.07 Å². The molecule has 0 bridgehead atoms. The molecule has 28 heavy (non-hydrogen) atoms. The van der Waals surface area contributed by atoms with Crippen LogP contribution in [0.25, 0.3) is 6.08 Å². The molecule has 0 heterocycles. The van der Waals surface area contributed by atoms with Gasteiger partial charge in [-0.05, 0) is 61.9 Å². The highest BCUT2D eigenvalue weighted by Gasteiger charge is 2.07. The highest BCUT2D eigenvalue weighted by atomic mass is 16.5. The van der Waals surface area contributed by atoms with E-state index >= 15 is 0 Å². The van der Waals surface area contributed by atoms with Gasteiger partial charge in [0.2, 0.25) is 0 Å². The number of hydrazine groups is 1. The van der Waals surface area contributed by atoms with Crippen LogP contribution in [0.3, 0.4) is 0 Å². The Morgan fingerprint density at radius 2 is 1.64 bits per heavy atom. The number of carbonyl (C=O) groups is 2. The maximum Gasteiger partial charge on any atom is 0.269 e. The average Bonchev–Trinajstić information content (AvgIpc) is 2.71. The van der Waals surface area contributed by atoms with Gasteiger partial charge >= 0.3 is 0 Å². The molecule has 148 valence electrons. The van der Waals surface area contributed by atoms with Crippen molar-refractivity contribution in [2.45, 2.75) is 13.8 Å². The van der Waals surface area contributed by atoms with E-state index in [9.17, 15) is 9.59 Å². The van der Waals surface area contributed by atoms with Crippen LogP contribution in [0.5, 0.6) is 17.2 Å². The molecule has 0 aliphatic heterocycles. The number of hydrogen-bond donors (Lipinski definition) is 2. The van der Waals surface area contributed by atoms with Crippen LogP contribution in [-0.2, 0) is 4.79 Å². The minimum atomic E-state index is -0.465. The molecule has 0 radical (unpaired) electrons. The number of methoxy groups -OCH3 is 1. The highest BCUT2D eigenvalue weighted by Crippen LogP contribution is 2.28. The number of ether oxygens (including phenoxy) is 3. The van der Waals surface area contributed by atoms with Crippen LogP contribution in [0.15, 0.2) is 48.5 Å². The molecule has 0 aromatic heterocycles. The van der Waals surface area contributed by atoms with Gasteiger partial charge in [-0.3, -0.25) is 20.4 Å². The second-order valence-electron chi connectivity index (χ2n) is 5.58. The van der Waals surface area contributed by atoms with Crippen molar-refractivity contribution in [2.75, 3.05) is 20.3 Å². The van der Waals surface area contributed by atoms with E-state index in [0.717, 1.165) is 5.56 Å². The summed E-state index contributed by atoms with van der Waals surface area (Å²) in [6, 6.07) is 12.0. The van der Waals surface area contributed by atoms with Crippen LogP contribution in [0.1, 0.15) is 29.8 Å². The SMILES string of the molecule is CCOc1ccc(C(=O)NNC(=O)/C=C/c2ccc(OC)c(OCC)c2)cc1. The zero-order valence-electron chi connectivity index (χ0n) is 16.2. The first kappa shape index (κ1) is 20.8. The molecule has 7 nitrogen and oxygen atoms in total. The summed E-state index contributed by atoms with van der Waals surface area (Å²) in [7, 11) is 1.56. The summed E-state index contributed by atoms with van der Waals surface area (Å²) in [5, 5.41) is 0. The van der Waals surface area contributed by atoms with Gasteiger partial charge in [0.1, 0.15) is 5.75 Å². The molecule has 0 fully saturated rings. The van der Waals surface area contributed by atoms with Crippen molar-refractivity contribution in [1.82, 2.24) is 10.9 Å². The zero-order chi connectivity index (χ0) is 20.4. The molecular formula is C21H24N2O5. The second kappa shape index (κ2) is 10.6. The summed E-state index contributed by atoms with van der Waals surface area (Å²) in [6.07, 6.45) is 2.93. The molecule has 2 rings (SSSR count). The molecule has 2 aromatic rings. The molecule has 0 saturated carbocycles. The number of nitrogens with one attached hydrogen (secondary N) is 2. The fourth-order valence-electron chi connectivity index (χ4n) is 2.34. The normalized spacial score (nSPS) is 10.4. The fraction of sp³-hybridized carbons (Fsp3) is 0.238. The van der Waals surface area contributed by atoms with E-state index in [1.807, 2.05) is 13.8 Å². The lowest BCUT2D eigenvalue weighted by Crippen LogP contribution is -2.40. The van der Waals surface area contributed by atoms with Crippen molar-refractivity contribution < 1.29 is 23.8 Å². The molecule has 0 aliphatic carbocycles. The van der Waals surface area contributed by atoms with Crippen LogP contribution < -0.4 is 25.1 Å². The van der Waals surface area contributed by atoms with Crippen LogP contribution in [0.4, 0.5) is 0 Å². The number of carbonyl (C=O) groups excluding carboxylic acids is 2. The number of rotatable bonds is 8. The van der Waals surface area contributed by atoms with Crippen molar-refractivity contribution in [2.24, 2.45) is 0 Å². The van der Waals surface area contributed by atoms with Crippen LogP contribution in [0.2, 0.25) is 0 Å². The molecule has 0 atom stereocenters. The van der Waals surface area contributed by atoms with E-state index in [1.165, 1.54) is 6.08 Å². The lowest BCUT2D eigenvalue weighted by molar-refractivity contribution is -0.117. The Labute approximate surface area is 164 Å². The van der Waals surface area contributed by atoms with E-state index in [0.29, 0.717) is 36.0 Å². The van der Waals surface area contributed by atoms with Gasteiger partial charge in [0, 0.05) is 11.6 Å². The van der Waals surface area contributed by atoms with Gasteiger partial charge in [0.25, 0.3) is 11.8 Å². The summed E-state index contributed by atoms with van der Waals surface area (Å²) < 4.78 is 16.0. The quantitative estimate of drug-likeness (QED) is 0.540. The molecule has 2 N–H and O–H groups in total. The molecule has 2 amide bonds. The number of amides is 2. The van der Waals surface area contributed by atoms with Gasteiger partial charge in [-0.25, -0.2) is 0 Å². The Hall–Kier alpha value is -3.48. The standard InChI is InChI=1S/C21H24N2O5/c1-4-27-17-10-8-16(9-11-17)21(25)23-22-20(24)13-7-15-6-12-18(26-3)19(14-15)28-5-2/h6-14H,4-5H2,1-3H3,(H,22,24)(H,23,25)/b13-7+. The lowest BCUT2D eigenvalue weighted by atomic mass is 10.2. The van der Waals surface area contributed by atoms with Crippen molar-refractivity contribution in [3.05, 3.63) is 59.7 Å². The largest absolute Gasteiger partial charge is 0.494 e. The predicted molar refractivity (Wildman–Crippen MR) is 106 cm³/mol. The maximum absolute atomic E-state index is 12.1.